The molecular formula is C16H14F3N3O3. The summed E-state index contributed by atoms with van der Waals surface area (Å²) in [4.78, 5) is 26.5. The number of carbonyl (C=O) groups excluding carboxylic acids is 2. The minimum Gasteiger partial charge on any atom is -0.495 e. The summed E-state index contributed by atoms with van der Waals surface area (Å²) in [5, 5.41) is 5.06. The molecule has 0 radical (unpaired) electrons. The van der Waals surface area contributed by atoms with Gasteiger partial charge in [0.15, 0.2) is 0 Å². The van der Waals surface area contributed by atoms with Gasteiger partial charge in [-0.3, -0.25) is 14.6 Å². The molecule has 2 rings (SSSR count). The number of ether oxygens (including phenoxy) is 1. The molecule has 2 amide bonds. The lowest BCUT2D eigenvalue weighted by molar-refractivity contribution is -0.141. The van der Waals surface area contributed by atoms with Crippen molar-refractivity contribution < 1.29 is 27.5 Å². The number of alkyl halides is 3. The second kappa shape index (κ2) is 7.20. The van der Waals surface area contributed by atoms with Crippen LogP contribution >= 0.6 is 0 Å². The number of nitrogens with zero attached hydrogens (tertiary/aromatic N) is 1. The van der Waals surface area contributed by atoms with E-state index in [1.807, 2.05) is 0 Å². The van der Waals surface area contributed by atoms with Crippen molar-refractivity contribution in [2.45, 2.75) is 13.1 Å². The molecule has 0 unspecified atom stereocenters. The SMILES string of the molecule is COc1ccc(NC(C)=O)cc1NC(=O)c1ccc(C(F)(F)F)nc1. The number of pyridine rings is 1. The van der Waals surface area contributed by atoms with Gasteiger partial charge in [0.1, 0.15) is 11.4 Å². The molecule has 0 spiro atoms. The van der Waals surface area contributed by atoms with Crippen LogP contribution in [0.4, 0.5) is 24.5 Å². The Morgan fingerprint density at radius 3 is 2.36 bits per heavy atom. The zero-order chi connectivity index (χ0) is 18.6. The molecule has 9 heteroatoms. The van der Waals surface area contributed by atoms with Crippen molar-refractivity contribution in [2.24, 2.45) is 0 Å². The fraction of sp³-hybridized carbons (Fsp3) is 0.188. The van der Waals surface area contributed by atoms with E-state index in [1.54, 1.807) is 6.07 Å². The third-order valence-electron chi connectivity index (χ3n) is 3.08. The highest BCUT2D eigenvalue weighted by Gasteiger charge is 2.32. The first-order chi connectivity index (χ1) is 11.7. The Morgan fingerprint density at radius 1 is 1.12 bits per heavy atom. The fourth-order valence-electron chi connectivity index (χ4n) is 1.98. The number of amides is 2. The zero-order valence-corrected chi connectivity index (χ0v) is 13.3. The van der Waals surface area contributed by atoms with Crippen LogP contribution in [0.3, 0.4) is 0 Å². The van der Waals surface area contributed by atoms with Crippen molar-refractivity contribution >= 4 is 23.2 Å². The summed E-state index contributed by atoms with van der Waals surface area (Å²) in [6.07, 6.45) is -3.74. The first-order valence-electron chi connectivity index (χ1n) is 7.01. The maximum atomic E-state index is 12.5. The van der Waals surface area contributed by atoms with E-state index in [0.717, 1.165) is 18.3 Å². The summed E-state index contributed by atoms with van der Waals surface area (Å²) in [6.45, 7) is 1.33. The third kappa shape index (κ3) is 4.69. The smallest absolute Gasteiger partial charge is 0.433 e. The van der Waals surface area contributed by atoms with Gasteiger partial charge in [0.2, 0.25) is 5.91 Å². The van der Waals surface area contributed by atoms with Crippen molar-refractivity contribution in [3.05, 3.63) is 47.8 Å². The second-order valence-corrected chi connectivity index (χ2v) is 4.98. The van der Waals surface area contributed by atoms with Crippen LogP contribution in [0.25, 0.3) is 0 Å². The summed E-state index contributed by atoms with van der Waals surface area (Å²) < 4.78 is 42.6. The first-order valence-corrected chi connectivity index (χ1v) is 7.01. The van der Waals surface area contributed by atoms with E-state index in [0.29, 0.717) is 11.4 Å². The molecule has 132 valence electrons. The summed E-state index contributed by atoms with van der Waals surface area (Å²) in [5.41, 5.74) is -0.470. The molecule has 2 N–H and O–H groups in total. The van der Waals surface area contributed by atoms with Gasteiger partial charge in [0, 0.05) is 18.8 Å². The van der Waals surface area contributed by atoms with E-state index in [4.69, 9.17) is 4.74 Å². The van der Waals surface area contributed by atoms with E-state index in [-0.39, 0.29) is 17.2 Å². The van der Waals surface area contributed by atoms with Crippen molar-refractivity contribution in [3.63, 3.8) is 0 Å². The number of rotatable bonds is 4. The predicted octanol–water partition coefficient (Wildman–Crippen LogP) is 3.32. The quantitative estimate of drug-likeness (QED) is 0.884. The topological polar surface area (TPSA) is 80.3 Å². The lowest BCUT2D eigenvalue weighted by Crippen LogP contribution is -2.15. The molecule has 1 aromatic heterocycles. The van der Waals surface area contributed by atoms with E-state index in [1.165, 1.54) is 26.2 Å². The Balaban J connectivity index is 2.23. The monoisotopic (exact) mass is 353 g/mol. The highest BCUT2D eigenvalue weighted by molar-refractivity contribution is 6.05. The molecule has 25 heavy (non-hydrogen) atoms. The fourth-order valence-corrected chi connectivity index (χ4v) is 1.98. The molecule has 0 saturated heterocycles. The number of methoxy groups -OCH3 is 1. The zero-order valence-electron chi connectivity index (χ0n) is 13.3. The highest BCUT2D eigenvalue weighted by atomic mass is 19.4. The lowest BCUT2D eigenvalue weighted by atomic mass is 10.2. The van der Waals surface area contributed by atoms with Gasteiger partial charge in [-0.05, 0) is 30.3 Å². The molecule has 0 saturated carbocycles. The van der Waals surface area contributed by atoms with Crippen LogP contribution in [0, 0.1) is 0 Å². The molecule has 1 heterocycles. The molecular weight excluding hydrogens is 339 g/mol. The van der Waals surface area contributed by atoms with Crippen molar-refractivity contribution in [2.75, 3.05) is 17.7 Å². The van der Waals surface area contributed by atoms with Crippen LogP contribution in [0.15, 0.2) is 36.5 Å². The molecule has 0 aliphatic carbocycles. The Hall–Kier alpha value is -3.10. The van der Waals surface area contributed by atoms with Gasteiger partial charge in [-0.15, -0.1) is 0 Å². The molecule has 0 atom stereocenters. The number of nitrogens with one attached hydrogen (secondary N) is 2. The number of benzene rings is 1. The minimum atomic E-state index is -4.58. The highest BCUT2D eigenvalue weighted by Crippen LogP contribution is 2.29. The third-order valence-corrected chi connectivity index (χ3v) is 3.08. The molecule has 2 aromatic rings. The molecule has 6 nitrogen and oxygen atoms in total. The van der Waals surface area contributed by atoms with Crippen LogP contribution in [0.2, 0.25) is 0 Å². The van der Waals surface area contributed by atoms with Crippen LogP contribution in [0.1, 0.15) is 23.0 Å². The second-order valence-electron chi connectivity index (χ2n) is 4.98. The largest absolute Gasteiger partial charge is 0.495 e. The maximum absolute atomic E-state index is 12.5. The van der Waals surface area contributed by atoms with E-state index >= 15 is 0 Å². The number of carbonyl (C=O) groups is 2. The van der Waals surface area contributed by atoms with Gasteiger partial charge in [0.25, 0.3) is 5.91 Å². The number of halogens is 3. The van der Waals surface area contributed by atoms with Crippen LogP contribution in [-0.4, -0.2) is 23.9 Å². The maximum Gasteiger partial charge on any atom is 0.433 e. The van der Waals surface area contributed by atoms with Gasteiger partial charge < -0.3 is 15.4 Å². The van der Waals surface area contributed by atoms with Gasteiger partial charge in [-0.1, -0.05) is 0 Å². The molecule has 0 fully saturated rings. The molecule has 0 bridgehead atoms. The number of anilines is 2. The Labute approximate surface area is 141 Å². The Kier molecular flexibility index (Phi) is 5.26. The Bertz CT molecular complexity index is 789. The molecule has 0 aliphatic rings. The predicted molar refractivity (Wildman–Crippen MR) is 84.5 cm³/mol. The van der Waals surface area contributed by atoms with E-state index in [2.05, 4.69) is 15.6 Å². The van der Waals surface area contributed by atoms with Gasteiger partial charge in [0.05, 0.1) is 18.4 Å². The lowest BCUT2D eigenvalue weighted by Gasteiger charge is -2.12. The van der Waals surface area contributed by atoms with Crippen molar-refractivity contribution in [1.82, 2.24) is 4.98 Å². The number of hydrogen-bond acceptors (Lipinski definition) is 4. The van der Waals surface area contributed by atoms with Gasteiger partial charge in [-0.25, -0.2) is 0 Å². The minimum absolute atomic E-state index is 0.0556. The van der Waals surface area contributed by atoms with Crippen molar-refractivity contribution in [3.8, 4) is 5.75 Å². The summed E-state index contributed by atoms with van der Waals surface area (Å²) in [6, 6.07) is 6.33. The van der Waals surface area contributed by atoms with Gasteiger partial charge >= 0.3 is 6.18 Å². The Morgan fingerprint density at radius 2 is 1.84 bits per heavy atom. The standard InChI is InChI=1S/C16H14F3N3O3/c1-9(23)21-11-4-5-13(25-2)12(7-11)22-15(24)10-3-6-14(20-8-10)16(17,18)19/h3-8H,1-2H3,(H,21,23)(H,22,24). The number of aromatic nitrogens is 1. The van der Waals surface area contributed by atoms with Crippen LogP contribution in [0.5, 0.6) is 5.75 Å². The first kappa shape index (κ1) is 18.2. The van der Waals surface area contributed by atoms with Crippen molar-refractivity contribution in [1.29, 1.82) is 0 Å². The van der Waals surface area contributed by atoms with Gasteiger partial charge in [-0.2, -0.15) is 13.2 Å². The van der Waals surface area contributed by atoms with E-state index in [9.17, 15) is 22.8 Å². The summed E-state index contributed by atoms with van der Waals surface area (Å²) in [7, 11) is 1.39. The molecule has 0 aliphatic heterocycles. The van der Waals surface area contributed by atoms with Crippen LogP contribution < -0.4 is 15.4 Å². The van der Waals surface area contributed by atoms with E-state index < -0.39 is 17.8 Å². The molecule has 1 aromatic carbocycles. The average molecular weight is 353 g/mol. The summed E-state index contributed by atoms with van der Waals surface area (Å²) >= 11 is 0. The number of hydrogen-bond donors (Lipinski definition) is 2. The average Bonchev–Trinajstić information content (AvgIpc) is 2.54. The summed E-state index contributed by atoms with van der Waals surface area (Å²) in [5.74, 6) is -0.642. The normalized spacial score (nSPS) is 10.9. The van der Waals surface area contributed by atoms with Crippen LogP contribution in [-0.2, 0) is 11.0 Å².